The molecule has 0 radical (unpaired) electrons. The van der Waals surface area contributed by atoms with E-state index in [9.17, 15) is 4.79 Å². The molecule has 0 saturated carbocycles. The summed E-state index contributed by atoms with van der Waals surface area (Å²) in [7, 11) is 2.13. The number of rotatable bonds is 6. The smallest absolute Gasteiger partial charge is 0.234 e. The minimum absolute atomic E-state index is 0.0117. The molecule has 1 aromatic carbocycles. The number of ether oxygens (including phenoxy) is 2. The average molecular weight is 377 g/mol. The van der Waals surface area contributed by atoms with Gasteiger partial charge in [0.1, 0.15) is 11.9 Å². The van der Waals surface area contributed by atoms with Crippen LogP contribution in [0.15, 0.2) is 24.3 Å². The fraction of sp³-hybridized carbons (Fsp3) is 0.650. The summed E-state index contributed by atoms with van der Waals surface area (Å²) in [6.07, 6.45) is 1.63. The largest absolute Gasteiger partial charge is 0.486 e. The van der Waals surface area contributed by atoms with Crippen LogP contribution < -0.4 is 10.1 Å². The summed E-state index contributed by atoms with van der Waals surface area (Å²) in [4.78, 5) is 17.1. The fourth-order valence-electron chi connectivity index (χ4n) is 3.55. The van der Waals surface area contributed by atoms with Gasteiger partial charge in [-0.05, 0) is 50.7 Å². The predicted octanol–water partition coefficient (Wildman–Crippen LogP) is 0.469. The van der Waals surface area contributed by atoms with Crippen molar-refractivity contribution < 1.29 is 19.4 Å². The molecule has 2 N–H and O–H groups in total. The van der Waals surface area contributed by atoms with Gasteiger partial charge in [-0.25, -0.2) is 0 Å². The van der Waals surface area contributed by atoms with Crippen LogP contribution in [0.3, 0.4) is 0 Å². The number of likely N-dealkylation sites (N-methyl/N-ethyl adjacent to an activating group) is 1. The maximum Gasteiger partial charge on any atom is 0.234 e. The van der Waals surface area contributed by atoms with Crippen LogP contribution in [0.25, 0.3) is 0 Å². The van der Waals surface area contributed by atoms with Crippen LogP contribution in [0.5, 0.6) is 5.75 Å². The molecule has 2 saturated heterocycles. The van der Waals surface area contributed by atoms with Crippen molar-refractivity contribution in [3.63, 3.8) is 0 Å². The van der Waals surface area contributed by atoms with Gasteiger partial charge in [0.2, 0.25) is 5.91 Å². The summed E-state index contributed by atoms with van der Waals surface area (Å²) in [6.45, 7) is 5.51. The number of carbonyl (C=O) groups is 1. The van der Waals surface area contributed by atoms with Gasteiger partial charge in [0.05, 0.1) is 25.8 Å². The number of aliphatic hydroxyl groups is 1. The number of nitrogens with one attached hydrogen (secondary N) is 1. The Morgan fingerprint density at radius 2 is 2.07 bits per heavy atom. The van der Waals surface area contributed by atoms with Gasteiger partial charge in [-0.15, -0.1) is 0 Å². The minimum atomic E-state index is -0.210. The van der Waals surface area contributed by atoms with Crippen molar-refractivity contribution in [1.82, 2.24) is 15.1 Å². The van der Waals surface area contributed by atoms with Gasteiger partial charge in [0, 0.05) is 19.7 Å². The summed E-state index contributed by atoms with van der Waals surface area (Å²) in [5, 5.41) is 12.3. The molecule has 1 aromatic rings. The molecule has 2 aliphatic rings. The van der Waals surface area contributed by atoms with Crippen molar-refractivity contribution in [2.75, 3.05) is 53.0 Å². The lowest BCUT2D eigenvalue weighted by atomic mass is 10.1. The first-order chi connectivity index (χ1) is 13.1. The lowest BCUT2D eigenvalue weighted by molar-refractivity contribution is -0.125. The number of carbonyl (C=O) groups excluding carboxylic acids is 1. The second kappa shape index (κ2) is 10.0. The zero-order valence-corrected chi connectivity index (χ0v) is 16.1. The Morgan fingerprint density at radius 1 is 1.26 bits per heavy atom. The van der Waals surface area contributed by atoms with Crippen molar-refractivity contribution in [1.29, 1.82) is 0 Å². The van der Waals surface area contributed by atoms with E-state index in [2.05, 4.69) is 22.2 Å². The highest BCUT2D eigenvalue weighted by molar-refractivity contribution is 5.78. The molecule has 0 unspecified atom stereocenters. The number of hydrogen-bond acceptors (Lipinski definition) is 6. The lowest BCUT2D eigenvalue weighted by Gasteiger charge is -2.33. The molecule has 2 fully saturated rings. The molecule has 0 spiro atoms. The van der Waals surface area contributed by atoms with E-state index >= 15 is 0 Å². The first-order valence-electron chi connectivity index (χ1n) is 9.78. The van der Waals surface area contributed by atoms with Crippen molar-refractivity contribution in [2.24, 2.45) is 0 Å². The second-order valence-corrected chi connectivity index (χ2v) is 7.43. The van der Waals surface area contributed by atoms with Crippen LogP contribution in [0, 0.1) is 0 Å². The number of aliphatic hydroxyl groups excluding tert-OH is 1. The van der Waals surface area contributed by atoms with E-state index in [4.69, 9.17) is 14.6 Å². The monoisotopic (exact) mass is 377 g/mol. The van der Waals surface area contributed by atoms with Crippen LogP contribution in [0.2, 0.25) is 0 Å². The number of nitrogens with zero attached hydrogens (tertiary/aromatic N) is 2. The van der Waals surface area contributed by atoms with Crippen LogP contribution in [-0.2, 0) is 16.1 Å². The van der Waals surface area contributed by atoms with Crippen LogP contribution in [0.4, 0.5) is 0 Å². The zero-order chi connectivity index (χ0) is 19.1. The predicted molar refractivity (Wildman–Crippen MR) is 103 cm³/mol. The summed E-state index contributed by atoms with van der Waals surface area (Å²) in [6, 6.07) is 7.30. The Labute approximate surface area is 161 Å². The van der Waals surface area contributed by atoms with Crippen molar-refractivity contribution in [2.45, 2.75) is 31.6 Å². The Balaban J connectivity index is 1.52. The highest BCUT2D eigenvalue weighted by Gasteiger charge is 2.29. The highest BCUT2D eigenvalue weighted by atomic mass is 16.5. The van der Waals surface area contributed by atoms with E-state index in [1.165, 1.54) is 0 Å². The normalized spacial score (nSPS) is 25.0. The zero-order valence-electron chi connectivity index (χ0n) is 16.1. The molecular weight excluding hydrogens is 346 g/mol. The second-order valence-electron chi connectivity index (χ2n) is 7.43. The van der Waals surface area contributed by atoms with Gasteiger partial charge in [-0.1, -0.05) is 12.1 Å². The third-order valence-corrected chi connectivity index (χ3v) is 5.22. The fourth-order valence-corrected chi connectivity index (χ4v) is 3.55. The van der Waals surface area contributed by atoms with Crippen LogP contribution in [-0.4, -0.2) is 85.9 Å². The van der Waals surface area contributed by atoms with Gasteiger partial charge in [-0.3, -0.25) is 9.69 Å². The Bertz CT molecular complexity index is 595. The molecule has 150 valence electrons. The molecule has 2 aliphatic heterocycles. The average Bonchev–Trinajstić information content (AvgIpc) is 2.88. The molecule has 7 heteroatoms. The van der Waals surface area contributed by atoms with E-state index in [-0.39, 0.29) is 24.7 Å². The third-order valence-electron chi connectivity index (χ3n) is 5.22. The standard InChI is InChI=1S/C20H31N3O4/c1-22-8-2-9-23(11-10-22)13-20(25)21-18-7-12-26-15-19(18)27-17-5-3-16(14-24)4-6-17/h3-6,18-19,24H,2,7-15H2,1H3,(H,21,25)/t18-,19-/m1/s1. The molecule has 2 atom stereocenters. The Kier molecular flexibility index (Phi) is 7.46. The molecular formula is C20H31N3O4. The summed E-state index contributed by atoms with van der Waals surface area (Å²) >= 11 is 0. The van der Waals surface area contributed by atoms with Gasteiger partial charge in [0.15, 0.2) is 0 Å². The van der Waals surface area contributed by atoms with E-state index in [0.717, 1.165) is 50.3 Å². The molecule has 7 nitrogen and oxygen atoms in total. The molecule has 2 heterocycles. The van der Waals surface area contributed by atoms with Crippen molar-refractivity contribution >= 4 is 5.91 Å². The Morgan fingerprint density at radius 3 is 2.85 bits per heavy atom. The maximum atomic E-state index is 12.6. The van der Waals surface area contributed by atoms with E-state index in [1.807, 2.05) is 24.3 Å². The molecule has 27 heavy (non-hydrogen) atoms. The van der Waals surface area contributed by atoms with E-state index in [1.54, 1.807) is 0 Å². The molecule has 3 rings (SSSR count). The van der Waals surface area contributed by atoms with Gasteiger partial charge < -0.3 is 24.8 Å². The van der Waals surface area contributed by atoms with Crippen LogP contribution in [0.1, 0.15) is 18.4 Å². The lowest BCUT2D eigenvalue weighted by Crippen LogP contribution is -2.53. The molecule has 0 aliphatic carbocycles. The quantitative estimate of drug-likeness (QED) is 0.751. The summed E-state index contributed by atoms with van der Waals surface area (Å²) < 4.78 is 11.6. The topological polar surface area (TPSA) is 74.3 Å². The maximum absolute atomic E-state index is 12.6. The Hall–Kier alpha value is -1.67. The first-order valence-corrected chi connectivity index (χ1v) is 9.78. The molecule has 0 bridgehead atoms. The van der Waals surface area contributed by atoms with E-state index in [0.29, 0.717) is 19.8 Å². The van der Waals surface area contributed by atoms with E-state index < -0.39 is 0 Å². The number of amides is 1. The van der Waals surface area contributed by atoms with Crippen LogP contribution >= 0.6 is 0 Å². The minimum Gasteiger partial charge on any atom is -0.486 e. The first kappa shape index (κ1) is 20.1. The van der Waals surface area contributed by atoms with Crippen molar-refractivity contribution in [3.8, 4) is 5.75 Å². The third kappa shape index (κ3) is 6.17. The van der Waals surface area contributed by atoms with Gasteiger partial charge in [-0.2, -0.15) is 0 Å². The summed E-state index contributed by atoms with van der Waals surface area (Å²) in [5.74, 6) is 0.771. The van der Waals surface area contributed by atoms with Gasteiger partial charge >= 0.3 is 0 Å². The van der Waals surface area contributed by atoms with Gasteiger partial charge in [0.25, 0.3) is 0 Å². The van der Waals surface area contributed by atoms with Crippen molar-refractivity contribution in [3.05, 3.63) is 29.8 Å². The SMILES string of the molecule is CN1CCCN(CC(=O)N[C@@H]2CCOC[C@H]2Oc2ccc(CO)cc2)CC1. The summed E-state index contributed by atoms with van der Waals surface area (Å²) in [5.41, 5.74) is 0.843. The molecule has 0 aromatic heterocycles. The molecule has 1 amide bonds. The number of hydrogen-bond donors (Lipinski definition) is 2. The highest BCUT2D eigenvalue weighted by Crippen LogP contribution is 2.19. The number of benzene rings is 1.